The number of nitrogens with zero attached hydrogens (tertiary/aromatic N) is 2. The Morgan fingerprint density at radius 3 is 2.62 bits per heavy atom. The van der Waals surface area contributed by atoms with Crippen LogP contribution in [0.15, 0.2) is 28.7 Å². The number of carbonyl (C=O) groups is 1. The van der Waals surface area contributed by atoms with Crippen molar-refractivity contribution >= 4 is 34.3 Å². The Kier molecular flexibility index (Phi) is 7.66. The quantitative estimate of drug-likeness (QED) is 0.755. The van der Waals surface area contributed by atoms with Gasteiger partial charge in [-0.3, -0.25) is 4.90 Å². The Morgan fingerprint density at radius 1 is 1.33 bits per heavy atom. The lowest BCUT2D eigenvalue weighted by atomic mass is 10.2. The number of carbonyl (C=O) groups excluding carboxylic acids is 1. The van der Waals surface area contributed by atoms with E-state index in [1.165, 1.54) is 0 Å². The molecule has 1 saturated heterocycles. The van der Waals surface area contributed by atoms with Crippen LogP contribution in [0.3, 0.4) is 0 Å². The first kappa shape index (κ1) is 18.4. The smallest absolute Gasteiger partial charge is 0.338 e. The molecule has 0 spiro atoms. The van der Waals surface area contributed by atoms with Gasteiger partial charge < -0.3 is 9.64 Å². The van der Waals surface area contributed by atoms with Crippen molar-refractivity contribution in [3.8, 4) is 0 Å². The molecule has 0 saturated carbocycles. The second-order valence-corrected chi connectivity index (χ2v) is 6.25. The third kappa shape index (κ3) is 5.94. The molecule has 1 fully saturated rings. The van der Waals surface area contributed by atoms with Gasteiger partial charge in [0.1, 0.15) is 6.10 Å². The molecular formula is C15H22BrClN2O2. The van der Waals surface area contributed by atoms with Gasteiger partial charge in [0.15, 0.2) is 0 Å². The van der Waals surface area contributed by atoms with E-state index < -0.39 is 0 Å². The molecule has 0 aromatic heterocycles. The zero-order chi connectivity index (χ0) is 14.5. The summed E-state index contributed by atoms with van der Waals surface area (Å²) in [6, 6.07) is 7.29. The summed E-state index contributed by atoms with van der Waals surface area (Å²) in [5.41, 5.74) is 0.588. The number of likely N-dealkylation sites (N-methyl/N-ethyl adjacent to an activating group) is 1. The summed E-state index contributed by atoms with van der Waals surface area (Å²) >= 11 is 3.36. The van der Waals surface area contributed by atoms with E-state index in [-0.39, 0.29) is 24.5 Å². The molecule has 21 heavy (non-hydrogen) atoms. The highest BCUT2D eigenvalue weighted by Gasteiger charge is 2.18. The number of rotatable bonds is 4. The standard InChI is InChI=1S/C15H21BrN2O2.ClH/c1-12(11-18-8-6-17(2)7-9-18)20-15(19)13-4-3-5-14(16)10-13;/h3-5,10,12H,6-9,11H2,1-2H3;1H. The first-order valence-corrected chi connectivity index (χ1v) is 7.71. The SMILES string of the molecule is CC(CN1CCN(C)CC1)OC(=O)c1cccc(Br)c1.Cl. The average Bonchev–Trinajstić information content (AvgIpc) is 2.41. The fourth-order valence-electron chi connectivity index (χ4n) is 2.30. The summed E-state index contributed by atoms with van der Waals surface area (Å²) in [6.07, 6.45) is -0.0927. The van der Waals surface area contributed by atoms with E-state index in [0.29, 0.717) is 5.56 Å². The minimum Gasteiger partial charge on any atom is -0.458 e. The molecule has 0 bridgehead atoms. The van der Waals surface area contributed by atoms with Crippen molar-refractivity contribution in [1.29, 1.82) is 0 Å². The zero-order valence-corrected chi connectivity index (χ0v) is 14.8. The highest BCUT2D eigenvalue weighted by Crippen LogP contribution is 2.13. The molecule has 0 radical (unpaired) electrons. The van der Waals surface area contributed by atoms with E-state index in [1.807, 2.05) is 19.1 Å². The molecule has 6 heteroatoms. The van der Waals surface area contributed by atoms with E-state index in [9.17, 15) is 4.79 Å². The van der Waals surface area contributed by atoms with E-state index in [1.54, 1.807) is 12.1 Å². The lowest BCUT2D eigenvalue weighted by Gasteiger charge is -2.33. The van der Waals surface area contributed by atoms with Crippen LogP contribution in [0.25, 0.3) is 0 Å². The molecule has 1 heterocycles. The van der Waals surface area contributed by atoms with Gasteiger partial charge in [-0.2, -0.15) is 0 Å². The van der Waals surface area contributed by atoms with Crippen LogP contribution in [0, 0.1) is 0 Å². The highest BCUT2D eigenvalue weighted by atomic mass is 79.9. The summed E-state index contributed by atoms with van der Waals surface area (Å²) in [4.78, 5) is 16.7. The number of piperazine rings is 1. The largest absolute Gasteiger partial charge is 0.458 e. The van der Waals surface area contributed by atoms with Crippen LogP contribution < -0.4 is 0 Å². The molecule has 1 aromatic carbocycles. The zero-order valence-electron chi connectivity index (χ0n) is 12.4. The van der Waals surface area contributed by atoms with Gasteiger partial charge in [-0.25, -0.2) is 4.79 Å². The van der Waals surface area contributed by atoms with Gasteiger partial charge in [0.25, 0.3) is 0 Å². The molecule has 2 rings (SSSR count). The molecule has 118 valence electrons. The van der Waals surface area contributed by atoms with Crippen LogP contribution >= 0.6 is 28.3 Å². The maximum Gasteiger partial charge on any atom is 0.338 e. The van der Waals surface area contributed by atoms with E-state index >= 15 is 0 Å². The molecule has 1 unspecified atom stereocenters. The maximum absolute atomic E-state index is 12.0. The van der Waals surface area contributed by atoms with Crippen LogP contribution in [-0.4, -0.2) is 61.6 Å². The Bertz CT molecular complexity index is 465. The minimum atomic E-state index is -0.257. The fraction of sp³-hybridized carbons (Fsp3) is 0.533. The molecule has 0 aliphatic carbocycles. The minimum absolute atomic E-state index is 0. The number of hydrogen-bond donors (Lipinski definition) is 0. The average molecular weight is 378 g/mol. The van der Waals surface area contributed by atoms with Crippen molar-refractivity contribution in [3.05, 3.63) is 34.3 Å². The van der Waals surface area contributed by atoms with Crippen molar-refractivity contribution in [1.82, 2.24) is 9.80 Å². The molecule has 0 amide bonds. The predicted octanol–water partition coefficient (Wildman–Crippen LogP) is 2.66. The maximum atomic E-state index is 12.0. The second-order valence-electron chi connectivity index (χ2n) is 5.33. The van der Waals surface area contributed by atoms with Gasteiger partial charge in [-0.05, 0) is 32.2 Å². The number of benzene rings is 1. The molecule has 0 N–H and O–H groups in total. The van der Waals surface area contributed by atoms with Crippen molar-refractivity contribution < 1.29 is 9.53 Å². The third-order valence-corrected chi connectivity index (χ3v) is 3.97. The Morgan fingerprint density at radius 2 is 2.00 bits per heavy atom. The third-order valence-electron chi connectivity index (χ3n) is 3.48. The van der Waals surface area contributed by atoms with Crippen LogP contribution in [0.4, 0.5) is 0 Å². The fourth-order valence-corrected chi connectivity index (χ4v) is 2.70. The van der Waals surface area contributed by atoms with Crippen LogP contribution in [-0.2, 0) is 4.74 Å². The second kappa shape index (κ2) is 8.73. The highest BCUT2D eigenvalue weighted by molar-refractivity contribution is 9.10. The predicted molar refractivity (Wildman–Crippen MR) is 90.2 cm³/mol. The first-order valence-electron chi connectivity index (χ1n) is 6.92. The van der Waals surface area contributed by atoms with E-state index in [2.05, 4.69) is 32.8 Å². The van der Waals surface area contributed by atoms with E-state index in [4.69, 9.17) is 4.74 Å². The van der Waals surface area contributed by atoms with Gasteiger partial charge in [0, 0.05) is 37.2 Å². The molecule has 1 aliphatic rings. The summed E-state index contributed by atoms with van der Waals surface area (Å²) in [7, 11) is 2.13. The van der Waals surface area contributed by atoms with Gasteiger partial charge in [-0.15, -0.1) is 12.4 Å². The van der Waals surface area contributed by atoms with Gasteiger partial charge in [-0.1, -0.05) is 22.0 Å². The summed E-state index contributed by atoms with van der Waals surface area (Å²) < 4.78 is 6.39. The van der Waals surface area contributed by atoms with Crippen molar-refractivity contribution in [3.63, 3.8) is 0 Å². The molecule has 1 atom stereocenters. The molecule has 4 nitrogen and oxygen atoms in total. The van der Waals surface area contributed by atoms with Gasteiger partial charge in [0.2, 0.25) is 0 Å². The van der Waals surface area contributed by atoms with Crippen LogP contribution in [0.5, 0.6) is 0 Å². The van der Waals surface area contributed by atoms with Gasteiger partial charge >= 0.3 is 5.97 Å². The Labute approximate surface area is 141 Å². The van der Waals surface area contributed by atoms with Crippen molar-refractivity contribution in [2.24, 2.45) is 0 Å². The van der Waals surface area contributed by atoms with Crippen LogP contribution in [0.1, 0.15) is 17.3 Å². The Balaban J connectivity index is 0.00000220. The molecule has 1 aliphatic heterocycles. The monoisotopic (exact) mass is 376 g/mol. The lowest BCUT2D eigenvalue weighted by molar-refractivity contribution is 0.0207. The summed E-state index contributed by atoms with van der Waals surface area (Å²) in [5, 5.41) is 0. The molecule has 1 aromatic rings. The summed E-state index contributed by atoms with van der Waals surface area (Å²) in [5.74, 6) is -0.257. The van der Waals surface area contributed by atoms with Gasteiger partial charge in [0.05, 0.1) is 5.56 Å². The lowest BCUT2D eigenvalue weighted by Crippen LogP contribution is -2.47. The first-order chi connectivity index (χ1) is 9.54. The van der Waals surface area contributed by atoms with Crippen molar-refractivity contribution in [2.75, 3.05) is 39.8 Å². The number of hydrogen-bond acceptors (Lipinski definition) is 4. The van der Waals surface area contributed by atoms with Crippen molar-refractivity contribution in [2.45, 2.75) is 13.0 Å². The number of ether oxygens (including phenoxy) is 1. The van der Waals surface area contributed by atoms with E-state index in [0.717, 1.165) is 37.2 Å². The normalized spacial score (nSPS) is 17.9. The van der Waals surface area contributed by atoms with Crippen LogP contribution in [0.2, 0.25) is 0 Å². The Hall–Kier alpha value is -0.620. The topological polar surface area (TPSA) is 32.8 Å². The molecular weight excluding hydrogens is 356 g/mol. The number of esters is 1. The summed E-state index contributed by atoms with van der Waals surface area (Å²) in [6.45, 7) is 6.98. The number of halogens is 2.